The molecule has 4 aliphatic rings. The fourth-order valence-electron chi connectivity index (χ4n) is 4.92. The van der Waals surface area contributed by atoms with E-state index in [0.717, 1.165) is 42.4 Å². The van der Waals surface area contributed by atoms with E-state index in [0.29, 0.717) is 23.9 Å². The van der Waals surface area contributed by atoms with E-state index < -0.39 is 0 Å². The van der Waals surface area contributed by atoms with Crippen LogP contribution in [0.2, 0.25) is 5.02 Å². The number of benzene rings is 1. The summed E-state index contributed by atoms with van der Waals surface area (Å²) < 4.78 is 0. The number of carbonyl (C=O) groups is 2. The van der Waals surface area contributed by atoms with Crippen molar-refractivity contribution in [1.82, 2.24) is 4.90 Å². The normalized spacial score (nSPS) is 24.1. The van der Waals surface area contributed by atoms with Crippen molar-refractivity contribution in [2.45, 2.75) is 63.3 Å². The molecule has 0 spiro atoms. The predicted octanol–water partition coefficient (Wildman–Crippen LogP) is 4.92. The molecule has 0 N–H and O–H groups in total. The maximum Gasteiger partial charge on any atom is 0.161 e. The average Bonchev–Trinajstić information content (AvgIpc) is 3.46. The van der Waals surface area contributed by atoms with Gasteiger partial charge in [-0.3, -0.25) is 9.59 Å². The van der Waals surface area contributed by atoms with Crippen molar-refractivity contribution in [3.05, 3.63) is 57.4 Å². The van der Waals surface area contributed by atoms with E-state index in [4.69, 9.17) is 11.6 Å². The first-order valence-electron chi connectivity index (χ1n) is 9.72. The second-order valence-electron chi connectivity index (χ2n) is 7.86. The quantitative estimate of drug-likeness (QED) is 0.744. The molecule has 1 fully saturated rings. The highest BCUT2D eigenvalue weighted by molar-refractivity contribution is 6.30. The Labute approximate surface area is 158 Å². The highest BCUT2D eigenvalue weighted by Gasteiger charge is 2.46. The van der Waals surface area contributed by atoms with Gasteiger partial charge in [0.25, 0.3) is 0 Å². The van der Waals surface area contributed by atoms with E-state index in [1.54, 1.807) is 0 Å². The molecule has 5 rings (SSSR count). The molecule has 1 aromatic rings. The Balaban J connectivity index is 1.74. The molecule has 26 heavy (non-hydrogen) atoms. The Morgan fingerprint density at radius 3 is 1.85 bits per heavy atom. The van der Waals surface area contributed by atoms with Crippen LogP contribution in [-0.4, -0.2) is 22.5 Å². The third-order valence-corrected chi connectivity index (χ3v) is 6.38. The third-order valence-electron chi connectivity index (χ3n) is 6.13. The molecule has 4 heteroatoms. The summed E-state index contributed by atoms with van der Waals surface area (Å²) in [7, 11) is 0. The van der Waals surface area contributed by atoms with Crippen LogP contribution in [0.1, 0.15) is 62.8 Å². The standard InChI is InChI=1S/C22H22ClNO2/c23-14-9-7-13(8-10-14)20-21-16(3-1-5-18(21)25)24(15-11-12-15)17-4-2-6-19(26)22(17)20/h7-10,15,20H,1-6,11-12H2. The average molecular weight is 368 g/mol. The summed E-state index contributed by atoms with van der Waals surface area (Å²) in [6, 6.07) is 8.20. The van der Waals surface area contributed by atoms with Gasteiger partial charge in [-0.15, -0.1) is 0 Å². The lowest BCUT2D eigenvalue weighted by molar-refractivity contribution is -0.117. The van der Waals surface area contributed by atoms with Gasteiger partial charge >= 0.3 is 0 Å². The zero-order chi connectivity index (χ0) is 17.8. The van der Waals surface area contributed by atoms with Crippen LogP contribution in [-0.2, 0) is 9.59 Å². The number of rotatable bonds is 2. The van der Waals surface area contributed by atoms with E-state index in [1.807, 2.05) is 24.3 Å². The fourth-order valence-corrected chi connectivity index (χ4v) is 5.04. The van der Waals surface area contributed by atoms with Crippen molar-refractivity contribution < 1.29 is 9.59 Å². The molecule has 3 aliphatic carbocycles. The molecular formula is C22H22ClNO2. The number of ketones is 2. The first-order valence-corrected chi connectivity index (χ1v) is 10.1. The van der Waals surface area contributed by atoms with Crippen LogP contribution >= 0.6 is 11.6 Å². The topological polar surface area (TPSA) is 37.4 Å². The Kier molecular flexibility index (Phi) is 3.82. The van der Waals surface area contributed by atoms with Crippen LogP contribution in [0.15, 0.2) is 46.8 Å². The van der Waals surface area contributed by atoms with Gasteiger partial charge in [-0.25, -0.2) is 0 Å². The Bertz CT molecular complexity index is 817. The summed E-state index contributed by atoms with van der Waals surface area (Å²) >= 11 is 6.09. The van der Waals surface area contributed by atoms with Crippen LogP contribution in [0.5, 0.6) is 0 Å². The molecule has 1 aromatic carbocycles. The zero-order valence-electron chi connectivity index (χ0n) is 14.8. The lowest BCUT2D eigenvalue weighted by Crippen LogP contribution is -2.40. The molecule has 0 bridgehead atoms. The van der Waals surface area contributed by atoms with Crippen LogP contribution in [0, 0.1) is 0 Å². The molecule has 0 atom stereocenters. The van der Waals surface area contributed by atoms with Crippen molar-refractivity contribution in [3.63, 3.8) is 0 Å². The van der Waals surface area contributed by atoms with Gasteiger partial charge in [-0.05, 0) is 56.2 Å². The Morgan fingerprint density at radius 2 is 1.35 bits per heavy atom. The van der Waals surface area contributed by atoms with E-state index in [-0.39, 0.29) is 17.5 Å². The van der Waals surface area contributed by atoms with Gasteiger partial charge in [0.1, 0.15) is 0 Å². The number of carbonyl (C=O) groups excluding carboxylic acids is 2. The SMILES string of the molecule is O=C1CCCC2=C1C(c1ccc(Cl)cc1)C1=C(CCCC1=O)N2C1CC1. The van der Waals surface area contributed by atoms with Gasteiger partial charge in [0.2, 0.25) is 0 Å². The number of hydrogen-bond acceptors (Lipinski definition) is 3. The van der Waals surface area contributed by atoms with Gasteiger partial charge < -0.3 is 4.90 Å². The number of halogens is 1. The molecule has 0 saturated heterocycles. The molecule has 0 unspecified atom stereocenters. The number of allylic oxidation sites excluding steroid dienone is 4. The van der Waals surface area contributed by atoms with Crippen molar-refractivity contribution in [2.24, 2.45) is 0 Å². The predicted molar refractivity (Wildman–Crippen MR) is 101 cm³/mol. The number of hydrogen-bond donors (Lipinski definition) is 0. The molecule has 134 valence electrons. The number of nitrogens with zero attached hydrogens (tertiary/aromatic N) is 1. The van der Waals surface area contributed by atoms with Crippen LogP contribution in [0.3, 0.4) is 0 Å². The molecule has 0 aromatic heterocycles. The summed E-state index contributed by atoms with van der Waals surface area (Å²) in [4.78, 5) is 28.4. The van der Waals surface area contributed by atoms with Gasteiger partial charge in [-0.1, -0.05) is 23.7 Å². The summed E-state index contributed by atoms with van der Waals surface area (Å²) in [5.41, 5.74) is 5.21. The first-order chi connectivity index (χ1) is 12.6. The van der Waals surface area contributed by atoms with E-state index >= 15 is 0 Å². The zero-order valence-corrected chi connectivity index (χ0v) is 15.5. The lowest BCUT2D eigenvalue weighted by atomic mass is 9.71. The minimum absolute atomic E-state index is 0.201. The van der Waals surface area contributed by atoms with Crippen molar-refractivity contribution >= 4 is 23.2 Å². The largest absolute Gasteiger partial charge is 0.345 e. The molecule has 3 nitrogen and oxygen atoms in total. The second kappa shape index (κ2) is 6.09. The summed E-state index contributed by atoms with van der Waals surface area (Å²) in [6.45, 7) is 0. The fraction of sp³-hybridized carbons (Fsp3) is 0.455. The van der Waals surface area contributed by atoms with Crippen LogP contribution < -0.4 is 0 Å². The van der Waals surface area contributed by atoms with Crippen LogP contribution in [0.25, 0.3) is 0 Å². The van der Waals surface area contributed by atoms with E-state index in [9.17, 15) is 9.59 Å². The molecule has 1 saturated carbocycles. The maximum atomic E-state index is 13.0. The highest BCUT2D eigenvalue weighted by atomic mass is 35.5. The van der Waals surface area contributed by atoms with Crippen LogP contribution in [0.4, 0.5) is 0 Å². The van der Waals surface area contributed by atoms with E-state index in [1.165, 1.54) is 24.2 Å². The second-order valence-corrected chi connectivity index (χ2v) is 8.30. The van der Waals surface area contributed by atoms with Gasteiger partial charge in [0, 0.05) is 52.4 Å². The Morgan fingerprint density at radius 1 is 0.808 bits per heavy atom. The van der Waals surface area contributed by atoms with Gasteiger partial charge in [-0.2, -0.15) is 0 Å². The lowest BCUT2D eigenvalue weighted by Gasteiger charge is -2.44. The summed E-state index contributed by atoms with van der Waals surface area (Å²) in [5.74, 6) is 0.247. The van der Waals surface area contributed by atoms with E-state index in [2.05, 4.69) is 4.90 Å². The molecule has 0 radical (unpaired) electrons. The number of Topliss-reactive ketones (excluding diaryl/α,β-unsaturated/α-hetero) is 2. The molecular weight excluding hydrogens is 346 g/mol. The first kappa shape index (κ1) is 16.3. The third kappa shape index (κ3) is 2.48. The maximum absolute atomic E-state index is 13.0. The van der Waals surface area contributed by atoms with Crippen molar-refractivity contribution in [3.8, 4) is 0 Å². The Hall–Kier alpha value is -1.87. The van der Waals surface area contributed by atoms with Crippen molar-refractivity contribution in [2.75, 3.05) is 0 Å². The summed E-state index contributed by atoms with van der Waals surface area (Å²) in [6.07, 6.45) is 7.27. The van der Waals surface area contributed by atoms with Gasteiger partial charge in [0.05, 0.1) is 0 Å². The monoisotopic (exact) mass is 367 g/mol. The smallest absolute Gasteiger partial charge is 0.161 e. The minimum atomic E-state index is -0.201. The molecule has 0 amide bonds. The minimum Gasteiger partial charge on any atom is -0.345 e. The molecule has 1 aliphatic heterocycles. The highest BCUT2D eigenvalue weighted by Crippen LogP contribution is 2.52. The summed E-state index contributed by atoms with van der Waals surface area (Å²) in [5, 5.41) is 0.678. The van der Waals surface area contributed by atoms with Gasteiger partial charge in [0.15, 0.2) is 11.6 Å². The van der Waals surface area contributed by atoms with Crippen molar-refractivity contribution in [1.29, 1.82) is 0 Å². The molecule has 1 heterocycles.